The molecule has 2 amide bonds. The minimum atomic E-state index is -3.19. The molecule has 16 N–H and O–H groups in total. The Labute approximate surface area is 637 Å². The van der Waals surface area contributed by atoms with Crippen LogP contribution >= 0.6 is 0 Å². The zero-order chi connectivity index (χ0) is 76.1. The number of amides is 2. The van der Waals surface area contributed by atoms with Crippen LogP contribution in [-0.2, 0) is 131 Å². The Morgan fingerprint density at radius 1 is 0.562 bits per heavy atom. The normalized spacial score (nSPS) is 34.4. The van der Waals surface area contributed by atoms with Crippen LogP contribution in [0.5, 0.6) is 0 Å². The van der Waals surface area contributed by atoms with Crippen LogP contribution in [0.25, 0.3) is 0 Å². The van der Waals surface area contributed by atoms with Gasteiger partial charge in [-0.3, -0.25) is 28.8 Å². The first-order chi connectivity index (χ1) is 48.6. The van der Waals surface area contributed by atoms with Crippen LogP contribution in [0.15, 0.2) is 12.4 Å². The Bertz CT molecular complexity index is 3270. The van der Waals surface area contributed by atoms with Crippen molar-refractivity contribution < 1.29 is 245 Å². The Balaban J connectivity index is 0.00000990. The molecule has 5 fully saturated rings. The zero-order valence-electron chi connectivity index (χ0n) is 56.9. The molecule has 2 aromatic rings. The number of aliphatic carboxylic acids is 2. The number of nitrogens with one attached hydrogen (secondary N) is 2. The quantitative estimate of drug-likeness (QED) is 0.0137. The molecule has 0 bridgehead atoms. The van der Waals surface area contributed by atoms with E-state index in [1.807, 2.05) is 0 Å². The molecule has 7 heterocycles. The SMILES string of the molecule is C#CCO[C@@H]1O[C@H](CO[C@]2(C(=O)[O-])C[C@H](O)[C@@H](NC(=O)Cn3cc(CO[C@@H]4O[C@H](CO[C@]5(C(=O)[O-])C[C@H](O)[C@@H](NC(=O)Cn6cc(CO[C@@H]7O[C@H](COC(C)=O)[C@H](OC(C)=O)[C@H](OC(C)=O)[C@H]7OC(C)=O)nn6)[C@H]([C@H](O)[C@H](O)CO)O5)[C@H](O)[C@H](O)[C@H]4O)nn3)[C@H]([C@H](O)[C@H](O)CO)O2)[C@H](O)[C@H](O)[C@H]1O.[Na+].[Na+]. The molecule has 578 valence electrons. The third-order valence-electron chi connectivity index (χ3n) is 16.4. The van der Waals surface area contributed by atoms with E-state index in [-0.39, 0.29) is 70.5 Å². The fraction of sp³-hybridized carbons (Fsp3) is 0.754. The van der Waals surface area contributed by atoms with E-state index in [1.54, 1.807) is 0 Å². The molecular formula is C57H80N8Na2O38. The summed E-state index contributed by atoms with van der Waals surface area (Å²) in [4.78, 5) is 101. The summed E-state index contributed by atoms with van der Waals surface area (Å²) < 4.78 is 78.6. The van der Waals surface area contributed by atoms with E-state index in [9.17, 15) is 120 Å². The number of carboxylic acids is 2. The van der Waals surface area contributed by atoms with Crippen LogP contribution in [0.4, 0.5) is 0 Å². The summed E-state index contributed by atoms with van der Waals surface area (Å²) in [5.74, 6) is -14.3. The smallest absolute Gasteiger partial charge is 0.544 e. The Hall–Kier alpha value is -5.36. The number of carbonyl (C=O) groups excluding carboxylic acids is 8. The van der Waals surface area contributed by atoms with E-state index in [2.05, 4.69) is 37.2 Å². The number of hydrogen-bond donors (Lipinski definition) is 16. The van der Waals surface area contributed by atoms with Crippen molar-refractivity contribution >= 4 is 47.6 Å². The maximum atomic E-state index is 13.6. The van der Waals surface area contributed by atoms with Gasteiger partial charge in [-0.1, -0.05) is 16.3 Å². The van der Waals surface area contributed by atoms with Gasteiger partial charge in [0.2, 0.25) is 23.4 Å². The average Bonchev–Trinajstić information content (AvgIpc) is 1.14. The molecule has 27 atom stereocenters. The molecule has 0 radical (unpaired) electrons. The molecule has 0 unspecified atom stereocenters. The number of aliphatic hydroxyl groups excluding tert-OH is 14. The van der Waals surface area contributed by atoms with Crippen LogP contribution in [-0.4, -0.2) is 353 Å². The Morgan fingerprint density at radius 2 is 0.952 bits per heavy atom. The monoisotopic (exact) mass is 1530 g/mol. The van der Waals surface area contributed by atoms with Crippen molar-refractivity contribution in [2.75, 3.05) is 39.6 Å². The number of esters is 4. The predicted molar refractivity (Wildman–Crippen MR) is 310 cm³/mol. The van der Waals surface area contributed by atoms with E-state index >= 15 is 0 Å². The van der Waals surface area contributed by atoms with Crippen molar-refractivity contribution in [3.05, 3.63) is 23.8 Å². The van der Waals surface area contributed by atoms with Crippen LogP contribution in [0, 0.1) is 12.3 Å². The predicted octanol–water partition coefficient (Wildman–Crippen LogP) is -21.4. The second-order valence-corrected chi connectivity index (χ2v) is 24.1. The van der Waals surface area contributed by atoms with E-state index in [4.69, 9.17) is 72.7 Å². The van der Waals surface area contributed by atoms with Crippen LogP contribution in [0.3, 0.4) is 0 Å². The van der Waals surface area contributed by atoms with Gasteiger partial charge in [-0.05, 0) is 0 Å². The molecule has 105 heavy (non-hydrogen) atoms. The molecule has 5 aliphatic rings. The van der Waals surface area contributed by atoms with Crippen molar-refractivity contribution in [1.82, 2.24) is 40.6 Å². The number of aromatic nitrogens is 6. The van der Waals surface area contributed by atoms with Crippen molar-refractivity contribution in [2.24, 2.45) is 0 Å². The van der Waals surface area contributed by atoms with E-state index < -0.39 is 291 Å². The van der Waals surface area contributed by atoms with Gasteiger partial charge in [-0.2, -0.15) is 0 Å². The number of carbonyl (C=O) groups is 8. The molecule has 0 spiro atoms. The van der Waals surface area contributed by atoms with Gasteiger partial charge in [0, 0.05) is 40.5 Å². The number of ether oxygens (including phenoxy) is 14. The molecule has 5 aliphatic heterocycles. The number of carboxylic acid groups (broad SMARTS) is 2. The first-order valence-electron chi connectivity index (χ1n) is 31.3. The third-order valence-corrected chi connectivity index (χ3v) is 16.4. The van der Waals surface area contributed by atoms with Crippen LogP contribution in [0.2, 0.25) is 0 Å². The van der Waals surface area contributed by atoms with Crippen LogP contribution in [0.1, 0.15) is 51.9 Å². The summed E-state index contributed by atoms with van der Waals surface area (Å²) >= 11 is 0. The molecule has 2 aromatic heterocycles. The summed E-state index contributed by atoms with van der Waals surface area (Å²) in [5.41, 5.74) is -0.215. The summed E-state index contributed by atoms with van der Waals surface area (Å²) in [6.45, 7) is -4.31. The summed E-state index contributed by atoms with van der Waals surface area (Å²) in [5, 5.41) is 195. The topological polar surface area (TPSA) is 681 Å². The van der Waals surface area contributed by atoms with Crippen molar-refractivity contribution in [3.63, 3.8) is 0 Å². The largest absolute Gasteiger partial charge is 1.00 e. The Kier molecular flexibility index (Phi) is 34.7. The molecule has 0 saturated carbocycles. The fourth-order valence-corrected chi connectivity index (χ4v) is 11.4. The van der Waals surface area contributed by atoms with E-state index in [0.717, 1.165) is 49.5 Å². The number of aliphatic hydroxyl groups is 14. The first-order valence-corrected chi connectivity index (χ1v) is 31.3. The molecular weight excluding hydrogens is 1450 g/mol. The van der Waals surface area contributed by atoms with Gasteiger partial charge in [0.25, 0.3) is 0 Å². The average molecular weight is 1530 g/mol. The van der Waals surface area contributed by atoms with E-state index in [0.29, 0.717) is 0 Å². The molecule has 0 aliphatic carbocycles. The second-order valence-electron chi connectivity index (χ2n) is 24.1. The zero-order valence-corrected chi connectivity index (χ0v) is 60.9. The van der Waals surface area contributed by atoms with Gasteiger partial charge in [0.05, 0.1) is 76.3 Å². The molecule has 5 saturated heterocycles. The first kappa shape index (κ1) is 90.3. The van der Waals surface area contributed by atoms with Gasteiger partial charge in [0.1, 0.15) is 141 Å². The van der Waals surface area contributed by atoms with Crippen molar-refractivity contribution in [3.8, 4) is 12.3 Å². The van der Waals surface area contributed by atoms with Gasteiger partial charge in [-0.15, -0.1) is 16.6 Å². The second kappa shape index (κ2) is 40.4. The molecule has 0 aromatic carbocycles. The molecule has 48 heteroatoms. The van der Waals surface area contributed by atoms with Gasteiger partial charge in [-0.25, -0.2) is 9.36 Å². The maximum Gasteiger partial charge on any atom is 1.00 e. The molecule has 7 rings (SSSR count). The van der Waals surface area contributed by atoms with Crippen LogP contribution < -0.4 is 80.0 Å². The minimum Gasteiger partial charge on any atom is -0.544 e. The maximum absolute atomic E-state index is 13.6. The summed E-state index contributed by atoms with van der Waals surface area (Å²) in [6.07, 6.45) is -39.5. The summed E-state index contributed by atoms with van der Waals surface area (Å²) in [6, 6.07) is -3.70. The van der Waals surface area contributed by atoms with Gasteiger partial charge < -0.3 is 168 Å². The standard InChI is InChI=1S/C57H82N8O38.2Na/c1-6-7-90-51-44(84)42(82)40(80)31(99-51)19-94-56(54(86)87)8-27(72)36(47(102-56)38(78)29(74)14-66)58-34(76)12-64-10-25(60-62-64)16-92-52-45(85)43(83)41(81)32(100-52)20-95-57(55(88)89)9-28(73)37(48(103-57)39(79)30(75)15-67)59-35(77)13-65-11-26(61-63-65)17-93-53-50(98-24(5)71)49(97-23(4)70)46(96-22(3)69)33(101-53)18-91-21(2)68;;/h1,10-11,27-33,36-53,66-67,72-75,78-85H,7-9,12-20H2,2-5H3,(H,58,76)(H,59,77)(H,86,87)(H,88,89);;/q;2*+1/p-2/t27-,28-,29+,30+,31+,32+,33+,36+,37+,38+,39+,40-,41-,42-,43-,44+,45+,46-,47+,48+,49-,50+,51+,52+,53+,56+,57+;;/m0../s1. The fourth-order valence-electron chi connectivity index (χ4n) is 11.4. The molecule has 46 nitrogen and oxygen atoms in total. The van der Waals surface area contributed by atoms with E-state index in [1.165, 1.54) is 0 Å². The Morgan fingerprint density at radius 3 is 1.34 bits per heavy atom. The van der Waals surface area contributed by atoms with Crippen molar-refractivity contribution in [2.45, 2.75) is 231 Å². The van der Waals surface area contributed by atoms with Gasteiger partial charge in [0.15, 0.2) is 37.2 Å². The number of nitrogens with zero attached hydrogens (tertiary/aromatic N) is 6. The number of rotatable bonds is 33. The number of terminal acetylenes is 1. The third kappa shape index (κ3) is 23.1. The minimum absolute atomic E-state index is 0. The van der Waals surface area contributed by atoms with Gasteiger partial charge >= 0.3 is 83.0 Å². The number of hydrogen-bond acceptors (Lipinski definition) is 42. The summed E-state index contributed by atoms with van der Waals surface area (Å²) in [7, 11) is 0. The van der Waals surface area contributed by atoms with Crippen molar-refractivity contribution in [1.29, 1.82) is 0 Å².